The minimum atomic E-state index is -1.05. The zero-order valence-electron chi connectivity index (χ0n) is 12.8. The van der Waals surface area contributed by atoms with Crippen LogP contribution in [0.4, 0.5) is 5.69 Å². The van der Waals surface area contributed by atoms with Crippen molar-refractivity contribution >= 4 is 58.2 Å². The fourth-order valence-electron chi connectivity index (χ4n) is 2.57. The van der Waals surface area contributed by atoms with Crippen molar-refractivity contribution in [2.45, 2.75) is 13.0 Å². The van der Waals surface area contributed by atoms with Crippen LogP contribution in [0.1, 0.15) is 27.6 Å². The molecule has 0 radical (unpaired) electrons. The third kappa shape index (κ3) is 3.11. The summed E-state index contributed by atoms with van der Waals surface area (Å²) in [5.41, 5.74) is 0.714. The van der Waals surface area contributed by atoms with Crippen molar-refractivity contribution in [2.24, 2.45) is 0 Å². The lowest BCUT2D eigenvalue weighted by Gasteiger charge is -2.22. The van der Waals surface area contributed by atoms with E-state index in [1.165, 1.54) is 19.1 Å². The highest BCUT2D eigenvalue weighted by Gasteiger charge is 2.40. The molecule has 1 aliphatic rings. The quantitative estimate of drug-likeness (QED) is 0.787. The van der Waals surface area contributed by atoms with Crippen LogP contribution in [0.15, 0.2) is 36.4 Å². The SMILES string of the molecule is CC(C(=O)Nc1c(Cl)cc(Cl)cc1Cl)N1C(=O)c2ccccc2C1=O. The summed E-state index contributed by atoms with van der Waals surface area (Å²) >= 11 is 17.9. The third-order valence-electron chi connectivity index (χ3n) is 3.85. The number of imide groups is 1. The first-order chi connectivity index (χ1) is 11.8. The van der Waals surface area contributed by atoms with Gasteiger partial charge in [-0.3, -0.25) is 19.3 Å². The maximum absolute atomic E-state index is 12.5. The summed E-state index contributed by atoms with van der Waals surface area (Å²) in [4.78, 5) is 38.3. The van der Waals surface area contributed by atoms with E-state index in [0.29, 0.717) is 5.02 Å². The highest BCUT2D eigenvalue weighted by Crippen LogP contribution is 2.34. The van der Waals surface area contributed by atoms with E-state index in [9.17, 15) is 14.4 Å². The second-order valence-electron chi connectivity index (χ2n) is 5.44. The maximum atomic E-state index is 12.5. The van der Waals surface area contributed by atoms with Crippen LogP contribution in [0.25, 0.3) is 0 Å². The number of nitrogens with zero attached hydrogens (tertiary/aromatic N) is 1. The van der Waals surface area contributed by atoms with Crippen molar-refractivity contribution in [3.8, 4) is 0 Å². The minimum Gasteiger partial charge on any atom is -0.322 e. The van der Waals surface area contributed by atoms with Gasteiger partial charge in [-0.2, -0.15) is 0 Å². The van der Waals surface area contributed by atoms with E-state index in [2.05, 4.69) is 5.32 Å². The van der Waals surface area contributed by atoms with Gasteiger partial charge in [-0.15, -0.1) is 0 Å². The number of hydrogen-bond acceptors (Lipinski definition) is 3. The number of nitrogens with one attached hydrogen (secondary N) is 1. The number of benzene rings is 2. The smallest absolute Gasteiger partial charge is 0.262 e. The molecule has 0 bridgehead atoms. The lowest BCUT2D eigenvalue weighted by molar-refractivity contribution is -0.119. The molecule has 3 rings (SSSR count). The number of amides is 3. The van der Waals surface area contributed by atoms with Crippen LogP contribution in [-0.2, 0) is 4.79 Å². The standard InChI is InChI=1S/C17H11Cl3N2O3/c1-8(15(23)21-14-12(19)6-9(18)7-13(14)20)22-16(24)10-4-2-3-5-11(10)17(22)25/h2-8H,1H3,(H,21,23). The van der Waals surface area contributed by atoms with Crippen LogP contribution in [0.5, 0.6) is 0 Å². The Kier molecular flexibility index (Phi) is 4.73. The lowest BCUT2D eigenvalue weighted by atomic mass is 10.1. The number of hydrogen-bond donors (Lipinski definition) is 1. The molecule has 0 spiro atoms. The topological polar surface area (TPSA) is 66.5 Å². The van der Waals surface area contributed by atoms with E-state index in [0.717, 1.165) is 4.90 Å². The Morgan fingerprint density at radius 1 is 1.00 bits per heavy atom. The van der Waals surface area contributed by atoms with Crippen molar-refractivity contribution in [3.05, 3.63) is 62.6 Å². The molecule has 1 heterocycles. The molecule has 2 aromatic carbocycles. The molecule has 25 heavy (non-hydrogen) atoms. The first-order valence-electron chi connectivity index (χ1n) is 7.23. The molecule has 128 valence electrons. The number of carbonyl (C=O) groups excluding carboxylic acids is 3. The fourth-order valence-corrected chi connectivity index (χ4v) is 3.48. The maximum Gasteiger partial charge on any atom is 0.262 e. The Morgan fingerprint density at radius 3 is 1.96 bits per heavy atom. The van der Waals surface area contributed by atoms with Gasteiger partial charge in [0, 0.05) is 5.02 Å². The average molecular weight is 398 g/mol. The predicted molar refractivity (Wildman–Crippen MR) is 96.5 cm³/mol. The average Bonchev–Trinajstić information content (AvgIpc) is 2.82. The summed E-state index contributed by atoms with van der Waals surface area (Å²) < 4.78 is 0. The Balaban J connectivity index is 1.85. The second-order valence-corrected chi connectivity index (χ2v) is 6.69. The summed E-state index contributed by atoms with van der Waals surface area (Å²) in [6.07, 6.45) is 0. The molecular formula is C17H11Cl3N2O3. The molecule has 0 fully saturated rings. The van der Waals surface area contributed by atoms with Crippen molar-refractivity contribution < 1.29 is 14.4 Å². The predicted octanol–water partition coefficient (Wildman–Crippen LogP) is 4.27. The Hall–Kier alpha value is -2.08. The van der Waals surface area contributed by atoms with Crippen LogP contribution < -0.4 is 5.32 Å². The molecule has 2 aromatic rings. The van der Waals surface area contributed by atoms with E-state index < -0.39 is 23.8 Å². The Labute approximate surface area is 158 Å². The van der Waals surface area contributed by atoms with Gasteiger partial charge < -0.3 is 5.32 Å². The molecule has 3 amide bonds. The largest absolute Gasteiger partial charge is 0.322 e. The van der Waals surface area contributed by atoms with Crippen molar-refractivity contribution in [1.29, 1.82) is 0 Å². The van der Waals surface area contributed by atoms with E-state index in [1.807, 2.05) is 0 Å². The summed E-state index contributed by atoms with van der Waals surface area (Å²) in [6.45, 7) is 1.45. The van der Waals surface area contributed by atoms with E-state index in [1.54, 1.807) is 24.3 Å². The number of halogens is 3. The zero-order valence-corrected chi connectivity index (χ0v) is 15.1. The van der Waals surface area contributed by atoms with Gasteiger partial charge in [0.25, 0.3) is 11.8 Å². The van der Waals surface area contributed by atoms with Crippen LogP contribution >= 0.6 is 34.8 Å². The van der Waals surface area contributed by atoms with Crippen molar-refractivity contribution in [2.75, 3.05) is 5.32 Å². The molecular weight excluding hydrogens is 387 g/mol. The summed E-state index contributed by atoms with van der Waals surface area (Å²) in [5.74, 6) is -1.63. The van der Waals surface area contributed by atoms with Gasteiger partial charge >= 0.3 is 0 Å². The van der Waals surface area contributed by atoms with Gasteiger partial charge in [0.2, 0.25) is 5.91 Å². The molecule has 0 saturated carbocycles. The molecule has 1 atom stereocenters. The first-order valence-corrected chi connectivity index (χ1v) is 8.37. The van der Waals surface area contributed by atoms with Crippen LogP contribution in [-0.4, -0.2) is 28.7 Å². The van der Waals surface area contributed by atoms with Crippen molar-refractivity contribution in [1.82, 2.24) is 4.90 Å². The Bertz CT molecular complexity index is 856. The van der Waals surface area contributed by atoms with Gasteiger partial charge in [0.15, 0.2) is 0 Å². The van der Waals surface area contributed by atoms with Crippen LogP contribution in [0, 0.1) is 0 Å². The van der Waals surface area contributed by atoms with E-state index in [4.69, 9.17) is 34.8 Å². The van der Waals surface area contributed by atoms with Gasteiger partial charge in [0.05, 0.1) is 26.9 Å². The number of carbonyl (C=O) groups is 3. The molecule has 1 aliphatic heterocycles. The third-order valence-corrected chi connectivity index (χ3v) is 4.66. The van der Waals surface area contributed by atoms with Crippen LogP contribution in [0.3, 0.4) is 0 Å². The summed E-state index contributed by atoms with van der Waals surface area (Å²) in [7, 11) is 0. The minimum absolute atomic E-state index is 0.153. The highest BCUT2D eigenvalue weighted by atomic mass is 35.5. The lowest BCUT2D eigenvalue weighted by Crippen LogP contribution is -2.45. The Morgan fingerprint density at radius 2 is 1.48 bits per heavy atom. The first kappa shape index (κ1) is 17.7. The van der Waals surface area contributed by atoms with Crippen LogP contribution in [0.2, 0.25) is 15.1 Å². The monoisotopic (exact) mass is 396 g/mol. The number of rotatable bonds is 3. The van der Waals surface area contributed by atoms with Gasteiger partial charge in [-0.25, -0.2) is 0 Å². The molecule has 0 aromatic heterocycles. The highest BCUT2D eigenvalue weighted by molar-refractivity contribution is 6.42. The molecule has 0 saturated heterocycles. The summed E-state index contributed by atoms with van der Waals surface area (Å²) in [5, 5.41) is 3.17. The second kappa shape index (κ2) is 6.67. The van der Waals surface area contributed by atoms with Gasteiger partial charge in [-0.05, 0) is 31.2 Å². The molecule has 5 nitrogen and oxygen atoms in total. The van der Waals surface area contributed by atoms with Crippen molar-refractivity contribution in [3.63, 3.8) is 0 Å². The normalized spacial score (nSPS) is 14.5. The molecule has 1 N–H and O–H groups in total. The fraction of sp³-hybridized carbons (Fsp3) is 0.118. The number of fused-ring (bicyclic) bond motifs is 1. The molecule has 1 unspecified atom stereocenters. The number of anilines is 1. The molecule has 0 aliphatic carbocycles. The van der Waals surface area contributed by atoms with E-state index >= 15 is 0 Å². The van der Waals surface area contributed by atoms with Gasteiger partial charge in [-0.1, -0.05) is 46.9 Å². The zero-order chi connectivity index (χ0) is 18.3. The van der Waals surface area contributed by atoms with E-state index in [-0.39, 0.29) is 26.9 Å². The van der Waals surface area contributed by atoms with Gasteiger partial charge in [0.1, 0.15) is 6.04 Å². The molecule has 8 heteroatoms. The summed E-state index contributed by atoms with van der Waals surface area (Å²) in [6, 6.07) is 8.22.